The number of sulfonamides is 1. The summed E-state index contributed by atoms with van der Waals surface area (Å²) in [7, 11) is -3.85. The minimum Gasteiger partial charge on any atom is -0.438 e. The number of Topliss-reactive ketones (excluding diaryl/α,β-unsaturated/α-hetero) is 1. The summed E-state index contributed by atoms with van der Waals surface area (Å²) < 4.78 is 35.3. The highest BCUT2D eigenvalue weighted by molar-refractivity contribution is 7.92. The first-order valence-electron chi connectivity index (χ1n) is 9.99. The average molecular weight is 464 g/mol. The van der Waals surface area contributed by atoms with Crippen LogP contribution in [0.1, 0.15) is 28.7 Å². The molecule has 0 atom stereocenters. The van der Waals surface area contributed by atoms with E-state index in [4.69, 9.17) is 4.74 Å². The topological polar surface area (TPSA) is 116 Å². The van der Waals surface area contributed by atoms with Gasteiger partial charge in [-0.1, -0.05) is 12.1 Å². The van der Waals surface area contributed by atoms with Crippen LogP contribution in [0.4, 0.5) is 5.69 Å². The van der Waals surface area contributed by atoms with Crippen molar-refractivity contribution in [1.29, 1.82) is 0 Å². The number of carbonyl (C=O) groups excluding carboxylic acids is 1. The number of anilines is 1. The lowest BCUT2D eigenvalue weighted by atomic mass is 10.2. The maximum Gasteiger partial charge on any atom is 0.261 e. The first-order valence-corrected chi connectivity index (χ1v) is 11.5. The third-order valence-electron chi connectivity index (χ3n) is 5.00. The number of hydrogen-bond donors (Lipinski definition) is 1. The summed E-state index contributed by atoms with van der Waals surface area (Å²) in [6, 6.07) is 15.7. The Balaban J connectivity index is 1.45. The molecule has 33 heavy (non-hydrogen) atoms. The molecule has 0 unspecified atom stereocenters. The molecule has 1 N–H and O–H groups in total. The van der Waals surface area contributed by atoms with Crippen molar-refractivity contribution in [3.63, 3.8) is 0 Å². The van der Waals surface area contributed by atoms with Crippen LogP contribution in [0.3, 0.4) is 0 Å². The molecule has 0 saturated heterocycles. The third-order valence-corrected chi connectivity index (χ3v) is 6.38. The predicted octanol–water partition coefficient (Wildman–Crippen LogP) is 4.07. The van der Waals surface area contributed by atoms with E-state index in [0.29, 0.717) is 28.7 Å². The van der Waals surface area contributed by atoms with Crippen LogP contribution in [0.5, 0.6) is 11.6 Å². The quantitative estimate of drug-likeness (QED) is 0.411. The van der Waals surface area contributed by atoms with E-state index in [1.165, 1.54) is 25.1 Å². The van der Waals surface area contributed by atoms with E-state index in [9.17, 15) is 13.2 Å². The highest BCUT2D eigenvalue weighted by Crippen LogP contribution is 2.24. The lowest BCUT2D eigenvalue weighted by Gasteiger charge is -2.10. The van der Waals surface area contributed by atoms with Crippen LogP contribution < -0.4 is 9.46 Å². The number of nitrogens with zero attached hydrogens (tertiary/aromatic N) is 4. The molecule has 4 rings (SSSR count). The van der Waals surface area contributed by atoms with Gasteiger partial charge in [-0.05, 0) is 63.2 Å². The Hall–Kier alpha value is -4.05. The van der Waals surface area contributed by atoms with Gasteiger partial charge in [0.2, 0.25) is 5.88 Å². The molecule has 0 fully saturated rings. The Morgan fingerprint density at radius 1 is 1.00 bits per heavy atom. The van der Waals surface area contributed by atoms with E-state index < -0.39 is 10.0 Å². The number of ether oxygens (including phenoxy) is 1. The highest BCUT2D eigenvalue weighted by atomic mass is 32.2. The van der Waals surface area contributed by atoms with E-state index >= 15 is 0 Å². The molecular weight excluding hydrogens is 442 g/mol. The number of hydrogen-bond acceptors (Lipinski definition) is 7. The molecule has 0 bridgehead atoms. The third kappa shape index (κ3) is 4.90. The molecule has 9 nitrogen and oxygen atoms in total. The van der Waals surface area contributed by atoms with Crippen molar-refractivity contribution < 1.29 is 17.9 Å². The fourth-order valence-corrected chi connectivity index (χ4v) is 4.14. The van der Waals surface area contributed by atoms with Crippen LogP contribution in [-0.2, 0) is 10.0 Å². The zero-order valence-electron chi connectivity index (χ0n) is 18.2. The van der Waals surface area contributed by atoms with E-state index in [0.717, 1.165) is 11.4 Å². The van der Waals surface area contributed by atoms with E-state index in [2.05, 4.69) is 19.9 Å². The first-order chi connectivity index (χ1) is 15.7. The van der Waals surface area contributed by atoms with Gasteiger partial charge in [-0.25, -0.2) is 13.4 Å². The molecule has 0 aliphatic rings. The van der Waals surface area contributed by atoms with Crippen LogP contribution in [-0.4, -0.2) is 33.9 Å². The van der Waals surface area contributed by atoms with Crippen molar-refractivity contribution in [2.75, 3.05) is 4.72 Å². The van der Waals surface area contributed by atoms with E-state index in [-0.39, 0.29) is 10.7 Å². The van der Waals surface area contributed by atoms with Crippen molar-refractivity contribution in [3.05, 3.63) is 83.9 Å². The summed E-state index contributed by atoms with van der Waals surface area (Å²) in [6.45, 7) is 5.25. The van der Waals surface area contributed by atoms with Crippen LogP contribution >= 0.6 is 0 Å². The molecule has 0 aliphatic heterocycles. The molecular formula is C23H21N5O4S. The first kappa shape index (κ1) is 22.2. The summed E-state index contributed by atoms with van der Waals surface area (Å²) in [5, 5.41) is 8.26. The van der Waals surface area contributed by atoms with E-state index in [1.807, 2.05) is 18.4 Å². The smallest absolute Gasteiger partial charge is 0.261 e. The van der Waals surface area contributed by atoms with Crippen molar-refractivity contribution in [3.8, 4) is 17.4 Å². The van der Waals surface area contributed by atoms with Crippen molar-refractivity contribution in [1.82, 2.24) is 19.7 Å². The standard InChI is InChI=1S/C23H21N5O4S/c1-15-16(2)28(14-24-15)22-11-12-23(26-25-22)32-20-9-7-19(8-10-20)27-33(30,31)21-6-4-5-18(13-21)17(3)29/h4-14,27H,1-3H3. The molecule has 0 saturated carbocycles. The van der Waals surface area contributed by atoms with Crippen LogP contribution in [0.15, 0.2) is 71.9 Å². The fraction of sp³-hybridized carbons (Fsp3) is 0.130. The summed E-state index contributed by atoms with van der Waals surface area (Å²) in [5.74, 6) is 1.18. The summed E-state index contributed by atoms with van der Waals surface area (Å²) in [6.07, 6.45) is 1.69. The zero-order valence-corrected chi connectivity index (χ0v) is 19.0. The predicted molar refractivity (Wildman–Crippen MR) is 122 cm³/mol. The van der Waals surface area contributed by atoms with Gasteiger partial charge in [-0.15, -0.1) is 10.2 Å². The van der Waals surface area contributed by atoms with Crippen molar-refractivity contribution >= 4 is 21.5 Å². The van der Waals surface area contributed by atoms with Crippen LogP contribution in [0.25, 0.3) is 5.82 Å². The Kier molecular flexibility index (Phi) is 5.93. The molecule has 2 aromatic carbocycles. The SMILES string of the molecule is CC(=O)c1cccc(S(=O)(=O)Nc2ccc(Oc3ccc(-n4cnc(C)c4C)nn3)cc2)c1. The van der Waals surface area contributed by atoms with Crippen molar-refractivity contribution in [2.24, 2.45) is 0 Å². The van der Waals surface area contributed by atoms with Gasteiger partial charge in [0.1, 0.15) is 12.1 Å². The summed E-state index contributed by atoms with van der Waals surface area (Å²) in [5.41, 5.74) is 2.57. The minimum atomic E-state index is -3.85. The zero-order chi connectivity index (χ0) is 23.6. The molecule has 4 aromatic rings. The second-order valence-corrected chi connectivity index (χ2v) is 9.01. The van der Waals surface area contributed by atoms with Gasteiger partial charge in [-0.2, -0.15) is 0 Å². The molecule has 0 amide bonds. The minimum absolute atomic E-state index is 0.00853. The monoisotopic (exact) mass is 463 g/mol. The second kappa shape index (κ2) is 8.83. The summed E-state index contributed by atoms with van der Waals surface area (Å²) >= 11 is 0. The number of benzene rings is 2. The maximum atomic E-state index is 12.6. The van der Waals surface area contributed by atoms with Gasteiger partial charge in [0.15, 0.2) is 11.6 Å². The average Bonchev–Trinajstić information content (AvgIpc) is 3.14. The Bertz CT molecular complexity index is 1410. The molecule has 0 radical (unpaired) electrons. The summed E-state index contributed by atoms with van der Waals surface area (Å²) in [4.78, 5) is 15.8. The maximum absolute atomic E-state index is 12.6. The number of aromatic nitrogens is 4. The van der Waals surface area contributed by atoms with Gasteiger partial charge in [0.05, 0.1) is 10.6 Å². The van der Waals surface area contributed by atoms with Gasteiger partial charge < -0.3 is 4.74 Å². The lowest BCUT2D eigenvalue weighted by Crippen LogP contribution is -2.13. The van der Waals surface area contributed by atoms with Gasteiger partial charge >= 0.3 is 0 Å². The largest absolute Gasteiger partial charge is 0.438 e. The number of imidazole rings is 1. The fourth-order valence-electron chi connectivity index (χ4n) is 3.03. The molecule has 2 aromatic heterocycles. The van der Waals surface area contributed by atoms with Gasteiger partial charge in [0, 0.05) is 23.0 Å². The normalized spacial score (nSPS) is 11.2. The highest BCUT2D eigenvalue weighted by Gasteiger charge is 2.16. The number of nitrogens with one attached hydrogen (secondary N) is 1. The van der Waals surface area contributed by atoms with Gasteiger partial charge in [0.25, 0.3) is 10.0 Å². The number of aryl methyl sites for hydroxylation is 1. The van der Waals surface area contributed by atoms with Crippen LogP contribution in [0.2, 0.25) is 0 Å². The second-order valence-electron chi connectivity index (χ2n) is 7.33. The Morgan fingerprint density at radius 2 is 1.76 bits per heavy atom. The molecule has 168 valence electrons. The van der Waals surface area contributed by atoms with Gasteiger partial charge in [-0.3, -0.25) is 14.1 Å². The Labute approximate surface area is 191 Å². The number of rotatable bonds is 7. The number of carbonyl (C=O) groups is 1. The Morgan fingerprint density at radius 3 is 2.36 bits per heavy atom. The molecule has 2 heterocycles. The van der Waals surface area contributed by atoms with Crippen molar-refractivity contribution in [2.45, 2.75) is 25.7 Å². The molecule has 0 aliphatic carbocycles. The van der Waals surface area contributed by atoms with Crippen LogP contribution in [0, 0.1) is 13.8 Å². The molecule has 0 spiro atoms. The van der Waals surface area contributed by atoms with E-state index in [1.54, 1.807) is 48.8 Å². The lowest BCUT2D eigenvalue weighted by molar-refractivity contribution is 0.101. The number of ketones is 1. The molecule has 10 heteroatoms.